The Balaban J connectivity index is 2.83. The van der Waals surface area contributed by atoms with Crippen molar-refractivity contribution in [3.05, 3.63) is 29.8 Å². The maximum Gasteiger partial charge on any atom is 0.209 e. The minimum absolute atomic E-state index is 0.0495. The average Bonchev–Trinajstić information content (AvgIpc) is 2.26. The molecule has 96 valence electrons. The van der Waals surface area contributed by atoms with Crippen molar-refractivity contribution in [2.24, 2.45) is 0 Å². The second-order valence-corrected chi connectivity index (χ2v) is 7.75. The maximum atomic E-state index is 11.5. The lowest BCUT2D eigenvalue weighted by atomic mass is 10.2. The van der Waals surface area contributed by atoms with Crippen LogP contribution < -0.4 is 4.72 Å². The molecule has 0 aliphatic carbocycles. The Kier molecular flexibility index (Phi) is 4.29. The number of hydrogen-bond donors (Lipinski definition) is 1. The molecule has 0 saturated heterocycles. The van der Waals surface area contributed by atoms with Crippen LogP contribution in [0.2, 0.25) is 0 Å². The van der Waals surface area contributed by atoms with Crippen molar-refractivity contribution < 1.29 is 16.8 Å². The predicted octanol–water partition coefficient (Wildman–Crippen LogP) is 0.529. The highest BCUT2D eigenvalue weighted by Crippen LogP contribution is 2.12. The summed E-state index contributed by atoms with van der Waals surface area (Å²) in [5.41, 5.74) is 0.713. The van der Waals surface area contributed by atoms with Crippen LogP contribution in [0.4, 0.5) is 0 Å². The molecular formula is C10H15NO4S2. The van der Waals surface area contributed by atoms with Gasteiger partial charge in [0.2, 0.25) is 10.0 Å². The van der Waals surface area contributed by atoms with Crippen molar-refractivity contribution in [3.63, 3.8) is 0 Å². The Morgan fingerprint density at radius 2 is 1.59 bits per heavy atom. The predicted molar refractivity (Wildman–Crippen MR) is 65.9 cm³/mol. The molecule has 0 aliphatic rings. The lowest BCUT2D eigenvalue weighted by Gasteiger charge is -2.04. The molecular weight excluding hydrogens is 262 g/mol. The van der Waals surface area contributed by atoms with Crippen LogP contribution in [0.25, 0.3) is 0 Å². The second-order valence-electron chi connectivity index (χ2n) is 3.64. The van der Waals surface area contributed by atoms with Crippen LogP contribution in [-0.2, 0) is 26.4 Å². The van der Waals surface area contributed by atoms with E-state index in [0.29, 0.717) is 5.56 Å². The van der Waals surface area contributed by atoms with Gasteiger partial charge >= 0.3 is 0 Å². The first-order valence-electron chi connectivity index (χ1n) is 5.01. The van der Waals surface area contributed by atoms with Crippen LogP contribution in [0.1, 0.15) is 12.5 Å². The van der Waals surface area contributed by atoms with Crippen LogP contribution in [-0.4, -0.2) is 28.8 Å². The monoisotopic (exact) mass is 277 g/mol. The van der Waals surface area contributed by atoms with Gasteiger partial charge in [0, 0.05) is 6.54 Å². The van der Waals surface area contributed by atoms with E-state index in [2.05, 4.69) is 4.72 Å². The number of hydrogen-bond acceptors (Lipinski definition) is 4. The summed E-state index contributed by atoms with van der Waals surface area (Å²) < 4.78 is 47.1. The molecule has 1 rings (SSSR count). The molecule has 0 saturated carbocycles. The standard InChI is InChI=1S/C10H15NO4S2/c1-3-17(14,15)10-6-4-9(5-7-10)8-11-16(2,12)13/h4-7,11H,3,8H2,1-2H3. The minimum atomic E-state index is -3.23. The van der Waals surface area contributed by atoms with Gasteiger partial charge in [-0.25, -0.2) is 21.6 Å². The van der Waals surface area contributed by atoms with E-state index in [1.165, 1.54) is 12.1 Å². The molecule has 0 amide bonds. The Hall–Kier alpha value is -0.920. The van der Waals surface area contributed by atoms with Crippen LogP contribution in [0.3, 0.4) is 0 Å². The fourth-order valence-corrected chi connectivity index (χ4v) is 2.51. The normalized spacial score (nSPS) is 12.6. The van der Waals surface area contributed by atoms with E-state index in [-0.39, 0.29) is 17.2 Å². The fourth-order valence-electron chi connectivity index (χ4n) is 1.20. The van der Waals surface area contributed by atoms with Gasteiger partial charge in [-0.05, 0) is 17.7 Å². The summed E-state index contributed by atoms with van der Waals surface area (Å²) in [5, 5.41) is 0. The molecule has 0 aliphatic heterocycles. The van der Waals surface area contributed by atoms with Gasteiger partial charge in [0.15, 0.2) is 9.84 Å². The van der Waals surface area contributed by atoms with Crippen molar-refractivity contribution >= 4 is 19.9 Å². The van der Waals surface area contributed by atoms with Gasteiger partial charge in [0.05, 0.1) is 16.9 Å². The summed E-state index contributed by atoms with van der Waals surface area (Å²) in [6.07, 6.45) is 1.07. The SMILES string of the molecule is CCS(=O)(=O)c1ccc(CNS(C)(=O)=O)cc1. The summed E-state index contributed by atoms with van der Waals surface area (Å²) >= 11 is 0. The van der Waals surface area contributed by atoms with Gasteiger partial charge in [-0.3, -0.25) is 0 Å². The zero-order chi connectivity index (χ0) is 13.1. The smallest absolute Gasteiger partial charge is 0.209 e. The van der Waals surface area contributed by atoms with E-state index in [1.54, 1.807) is 19.1 Å². The highest BCUT2D eigenvalue weighted by Gasteiger charge is 2.10. The zero-order valence-corrected chi connectivity index (χ0v) is 11.3. The van der Waals surface area contributed by atoms with Crippen LogP contribution in [0.15, 0.2) is 29.2 Å². The third-order valence-electron chi connectivity index (χ3n) is 2.20. The molecule has 1 aromatic rings. The first-order chi connectivity index (χ1) is 7.74. The van der Waals surface area contributed by atoms with Crippen molar-refractivity contribution in [3.8, 4) is 0 Å². The fraction of sp³-hybridized carbons (Fsp3) is 0.400. The highest BCUT2D eigenvalue weighted by atomic mass is 32.2. The highest BCUT2D eigenvalue weighted by molar-refractivity contribution is 7.91. The van der Waals surface area contributed by atoms with Crippen LogP contribution >= 0.6 is 0 Å². The summed E-state index contributed by atoms with van der Waals surface area (Å²) in [4.78, 5) is 0.253. The third-order valence-corrected chi connectivity index (χ3v) is 4.62. The molecule has 1 N–H and O–H groups in total. The first-order valence-corrected chi connectivity index (χ1v) is 8.55. The maximum absolute atomic E-state index is 11.5. The molecule has 0 radical (unpaired) electrons. The van der Waals surface area contributed by atoms with E-state index in [1.807, 2.05) is 0 Å². The largest absolute Gasteiger partial charge is 0.224 e. The van der Waals surface area contributed by atoms with Crippen LogP contribution in [0, 0.1) is 0 Å². The van der Waals surface area contributed by atoms with Crippen molar-refractivity contribution in [1.82, 2.24) is 4.72 Å². The minimum Gasteiger partial charge on any atom is -0.224 e. The molecule has 0 fully saturated rings. The summed E-state index contributed by atoms with van der Waals surface area (Å²) in [7, 11) is -6.43. The molecule has 0 spiro atoms. The van der Waals surface area contributed by atoms with Gasteiger partial charge in [-0.1, -0.05) is 19.1 Å². The quantitative estimate of drug-likeness (QED) is 0.851. The topological polar surface area (TPSA) is 80.3 Å². The molecule has 1 aromatic carbocycles. The first kappa shape index (κ1) is 14.1. The van der Waals surface area contributed by atoms with Gasteiger partial charge in [0.25, 0.3) is 0 Å². The Morgan fingerprint density at radius 3 is 2.00 bits per heavy atom. The van der Waals surface area contributed by atoms with E-state index in [9.17, 15) is 16.8 Å². The van der Waals surface area contributed by atoms with E-state index >= 15 is 0 Å². The average molecular weight is 277 g/mol. The molecule has 0 bridgehead atoms. The lowest BCUT2D eigenvalue weighted by Crippen LogP contribution is -2.21. The lowest BCUT2D eigenvalue weighted by molar-refractivity contribution is 0.587. The Labute approximate surface area is 102 Å². The van der Waals surface area contributed by atoms with Crippen molar-refractivity contribution in [2.45, 2.75) is 18.4 Å². The van der Waals surface area contributed by atoms with E-state index in [4.69, 9.17) is 0 Å². The number of nitrogens with one attached hydrogen (secondary N) is 1. The van der Waals surface area contributed by atoms with Gasteiger partial charge in [-0.2, -0.15) is 0 Å². The number of benzene rings is 1. The Bertz CT molecular complexity index is 573. The molecule has 7 heteroatoms. The summed E-state index contributed by atoms with van der Waals surface area (Å²) in [6, 6.07) is 6.16. The molecule has 0 aromatic heterocycles. The number of sulfonamides is 1. The molecule has 17 heavy (non-hydrogen) atoms. The van der Waals surface area contributed by atoms with Crippen molar-refractivity contribution in [1.29, 1.82) is 0 Å². The molecule has 0 heterocycles. The van der Waals surface area contributed by atoms with E-state index in [0.717, 1.165) is 6.26 Å². The number of sulfone groups is 1. The third kappa shape index (κ3) is 4.45. The van der Waals surface area contributed by atoms with Gasteiger partial charge in [-0.15, -0.1) is 0 Å². The van der Waals surface area contributed by atoms with E-state index < -0.39 is 19.9 Å². The summed E-state index contributed by atoms with van der Waals surface area (Å²) in [6.45, 7) is 1.74. The van der Waals surface area contributed by atoms with Crippen LogP contribution in [0.5, 0.6) is 0 Å². The Morgan fingerprint density at radius 1 is 1.06 bits per heavy atom. The number of rotatable bonds is 5. The van der Waals surface area contributed by atoms with Crippen molar-refractivity contribution in [2.75, 3.05) is 12.0 Å². The van der Waals surface area contributed by atoms with Gasteiger partial charge in [0.1, 0.15) is 0 Å². The second kappa shape index (κ2) is 5.16. The molecule has 0 unspecified atom stereocenters. The van der Waals surface area contributed by atoms with Gasteiger partial charge < -0.3 is 0 Å². The summed E-state index contributed by atoms with van der Waals surface area (Å²) in [5.74, 6) is 0.0495. The molecule has 0 atom stereocenters. The molecule has 5 nitrogen and oxygen atoms in total. The zero-order valence-electron chi connectivity index (χ0n) is 9.67.